The van der Waals surface area contributed by atoms with E-state index in [9.17, 15) is 14.4 Å². The minimum absolute atomic E-state index is 0.0991. The third-order valence-corrected chi connectivity index (χ3v) is 1.87. The van der Waals surface area contributed by atoms with E-state index in [2.05, 4.69) is 10.1 Å². The zero-order chi connectivity index (χ0) is 14.2. The maximum atomic E-state index is 11.2. The average Bonchev–Trinajstić information content (AvgIpc) is 2.14. The Morgan fingerprint density at radius 2 is 1.78 bits per heavy atom. The second-order valence-electron chi connectivity index (χ2n) is 5.00. The van der Waals surface area contributed by atoms with Gasteiger partial charge in [0.1, 0.15) is 13.2 Å². The summed E-state index contributed by atoms with van der Waals surface area (Å²) in [6.45, 7) is 5.54. The molecule has 0 saturated heterocycles. The Morgan fingerprint density at radius 1 is 1.17 bits per heavy atom. The first kappa shape index (κ1) is 16.4. The van der Waals surface area contributed by atoms with Gasteiger partial charge in [0.05, 0.1) is 0 Å². The number of imide groups is 1. The van der Waals surface area contributed by atoms with Gasteiger partial charge in [-0.3, -0.25) is 10.1 Å². The molecule has 3 amide bonds. The molecule has 18 heavy (non-hydrogen) atoms. The van der Waals surface area contributed by atoms with Crippen LogP contribution in [0.4, 0.5) is 4.79 Å². The number of carbonyl (C=O) groups is 3. The van der Waals surface area contributed by atoms with Crippen LogP contribution in [0.2, 0.25) is 0 Å². The first-order chi connectivity index (χ1) is 8.20. The number of rotatable bonds is 6. The molecule has 0 saturated carbocycles. The molecule has 0 aliphatic rings. The van der Waals surface area contributed by atoms with E-state index in [4.69, 9.17) is 5.11 Å². The molecule has 7 heteroatoms. The summed E-state index contributed by atoms with van der Waals surface area (Å²) >= 11 is 0. The lowest BCUT2D eigenvalue weighted by Gasteiger charge is -2.17. The quantitative estimate of drug-likeness (QED) is 0.639. The molecule has 0 atom stereocenters. The van der Waals surface area contributed by atoms with Crippen LogP contribution in [0.15, 0.2) is 0 Å². The van der Waals surface area contributed by atoms with E-state index in [0.29, 0.717) is 6.54 Å². The summed E-state index contributed by atoms with van der Waals surface area (Å²) in [4.78, 5) is 32.4. The van der Waals surface area contributed by atoms with Crippen molar-refractivity contribution < 1.29 is 24.2 Å². The van der Waals surface area contributed by atoms with Gasteiger partial charge in [-0.05, 0) is 11.8 Å². The number of hydrogen-bond acceptors (Lipinski definition) is 4. The SMILES string of the molecule is CC(C)(C)CCNC(=O)NC(=O)COCC(=O)O. The Balaban J connectivity index is 3.68. The van der Waals surface area contributed by atoms with Crippen LogP contribution in [0.5, 0.6) is 0 Å². The highest BCUT2D eigenvalue weighted by atomic mass is 16.5. The Morgan fingerprint density at radius 3 is 2.28 bits per heavy atom. The van der Waals surface area contributed by atoms with E-state index in [0.717, 1.165) is 6.42 Å². The van der Waals surface area contributed by atoms with Crippen molar-refractivity contribution in [3.63, 3.8) is 0 Å². The van der Waals surface area contributed by atoms with Gasteiger partial charge in [0.25, 0.3) is 5.91 Å². The molecule has 0 aromatic rings. The van der Waals surface area contributed by atoms with Crippen molar-refractivity contribution in [3.05, 3.63) is 0 Å². The van der Waals surface area contributed by atoms with Gasteiger partial charge >= 0.3 is 12.0 Å². The fourth-order valence-electron chi connectivity index (χ4n) is 0.989. The largest absolute Gasteiger partial charge is 0.480 e. The Labute approximate surface area is 106 Å². The van der Waals surface area contributed by atoms with Gasteiger partial charge in [0, 0.05) is 6.54 Å². The third-order valence-electron chi connectivity index (χ3n) is 1.87. The normalized spacial score (nSPS) is 10.8. The summed E-state index contributed by atoms with van der Waals surface area (Å²) in [5.74, 6) is -1.85. The van der Waals surface area contributed by atoms with Gasteiger partial charge in [0.2, 0.25) is 0 Å². The predicted octanol–water partition coefficient (Wildman–Crippen LogP) is 0.350. The fourth-order valence-corrected chi connectivity index (χ4v) is 0.989. The molecule has 7 nitrogen and oxygen atoms in total. The number of carboxylic acid groups (broad SMARTS) is 1. The summed E-state index contributed by atoms with van der Waals surface area (Å²) in [5, 5.41) is 12.8. The maximum Gasteiger partial charge on any atom is 0.329 e. The molecule has 0 radical (unpaired) electrons. The summed E-state index contributed by atoms with van der Waals surface area (Å²) in [6, 6.07) is -0.608. The highest BCUT2D eigenvalue weighted by molar-refractivity contribution is 5.94. The molecular formula is C11H20N2O5. The Kier molecular flexibility index (Phi) is 6.96. The standard InChI is InChI=1S/C11H20N2O5/c1-11(2,3)4-5-12-10(17)13-8(14)6-18-7-9(15)16/h4-7H2,1-3H3,(H,15,16)(H2,12,13,14,17). The molecular weight excluding hydrogens is 240 g/mol. The lowest BCUT2D eigenvalue weighted by atomic mass is 9.92. The monoisotopic (exact) mass is 260 g/mol. The van der Waals surface area contributed by atoms with E-state index in [-0.39, 0.29) is 5.41 Å². The molecule has 0 aromatic heterocycles. The van der Waals surface area contributed by atoms with Crippen molar-refractivity contribution in [2.45, 2.75) is 27.2 Å². The summed E-state index contributed by atoms with van der Waals surface area (Å²) in [6.07, 6.45) is 0.782. The number of amides is 3. The fraction of sp³-hybridized carbons (Fsp3) is 0.727. The van der Waals surface area contributed by atoms with Gasteiger partial charge in [-0.2, -0.15) is 0 Å². The predicted molar refractivity (Wildman–Crippen MR) is 64.1 cm³/mol. The van der Waals surface area contributed by atoms with Crippen molar-refractivity contribution in [3.8, 4) is 0 Å². The number of carboxylic acids is 1. The van der Waals surface area contributed by atoms with Gasteiger partial charge in [-0.15, -0.1) is 0 Å². The van der Waals surface area contributed by atoms with E-state index in [1.54, 1.807) is 0 Å². The summed E-state index contributed by atoms with van der Waals surface area (Å²) < 4.78 is 4.52. The third kappa shape index (κ3) is 10.9. The second-order valence-corrected chi connectivity index (χ2v) is 5.00. The smallest absolute Gasteiger partial charge is 0.329 e. The lowest BCUT2D eigenvalue weighted by molar-refractivity contribution is -0.143. The van der Waals surface area contributed by atoms with Gasteiger partial charge < -0.3 is 15.2 Å². The van der Waals surface area contributed by atoms with Crippen molar-refractivity contribution in [1.29, 1.82) is 0 Å². The number of hydrogen-bond donors (Lipinski definition) is 3. The molecule has 0 unspecified atom stereocenters. The maximum absolute atomic E-state index is 11.2. The van der Waals surface area contributed by atoms with E-state index < -0.39 is 31.1 Å². The number of aliphatic carboxylic acids is 1. The second kappa shape index (κ2) is 7.65. The first-order valence-corrected chi connectivity index (χ1v) is 5.58. The minimum Gasteiger partial charge on any atom is -0.480 e. The summed E-state index contributed by atoms with van der Waals surface area (Å²) in [5.41, 5.74) is 0.0991. The molecule has 104 valence electrons. The zero-order valence-corrected chi connectivity index (χ0v) is 10.9. The molecule has 0 bridgehead atoms. The van der Waals surface area contributed by atoms with Crippen LogP contribution in [0.25, 0.3) is 0 Å². The van der Waals surface area contributed by atoms with Crippen LogP contribution in [0.3, 0.4) is 0 Å². The minimum atomic E-state index is -1.17. The molecule has 3 N–H and O–H groups in total. The van der Waals surface area contributed by atoms with Crippen molar-refractivity contribution in [2.75, 3.05) is 19.8 Å². The lowest BCUT2D eigenvalue weighted by Crippen LogP contribution is -2.42. The van der Waals surface area contributed by atoms with Crippen molar-refractivity contribution in [1.82, 2.24) is 10.6 Å². The van der Waals surface area contributed by atoms with Crippen LogP contribution >= 0.6 is 0 Å². The average molecular weight is 260 g/mol. The summed E-state index contributed by atoms with van der Waals surface area (Å²) in [7, 11) is 0. The molecule has 0 aliphatic carbocycles. The van der Waals surface area contributed by atoms with E-state index in [1.807, 2.05) is 26.1 Å². The van der Waals surface area contributed by atoms with Crippen LogP contribution in [-0.2, 0) is 14.3 Å². The van der Waals surface area contributed by atoms with Crippen LogP contribution in [0, 0.1) is 5.41 Å². The molecule has 0 aromatic carbocycles. The van der Waals surface area contributed by atoms with Crippen molar-refractivity contribution >= 4 is 17.9 Å². The van der Waals surface area contributed by atoms with Crippen LogP contribution < -0.4 is 10.6 Å². The highest BCUT2D eigenvalue weighted by Crippen LogP contribution is 2.16. The van der Waals surface area contributed by atoms with E-state index in [1.165, 1.54) is 0 Å². The Bertz CT molecular complexity index is 309. The number of nitrogens with one attached hydrogen (secondary N) is 2. The molecule has 0 aliphatic heterocycles. The van der Waals surface area contributed by atoms with Gasteiger partial charge in [-0.25, -0.2) is 9.59 Å². The zero-order valence-electron chi connectivity index (χ0n) is 10.9. The number of ether oxygens (including phenoxy) is 1. The van der Waals surface area contributed by atoms with Crippen LogP contribution in [-0.4, -0.2) is 42.8 Å². The van der Waals surface area contributed by atoms with Crippen molar-refractivity contribution in [2.24, 2.45) is 5.41 Å². The molecule has 0 heterocycles. The number of carbonyl (C=O) groups excluding carboxylic acids is 2. The molecule has 0 rings (SSSR count). The molecule has 0 spiro atoms. The first-order valence-electron chi connectivity index (χ1n) is 5.58. The van der Waals surface area contributed by atoms with E-state index >= 15 is 0 Å². The number of urea groups is 1. The highest BCUT2D eigenvalue weighted by Gasteiger charge is 2.12. The van der Waals surface area contributed by atoms with Crippen LogP contribution in [0.1, 0.15) is 27.2 Å². The Hall–Kier alpha value is -1.63. The van der Waals surface area contributed by atoms with Gasteiger partial charge in [-0.1, -0.05) is 20.8 Å². The molecule has 0 fully saturated rings. The van der Waals surface area contributed by atoms with Gasteiger partial charge in [0.15, 0.2) is 0 Å². The topological polar surface area (TPSA) is 105 Å².